The van der Waals surface area contributed by atoms with Gasteiger partial charge in [-0.2, -0.15) is 0 Å². The maximum absolute atomic E-state index is 9.45. The second-order valence-electron chi connectivity index (χ2n) is 2.88. The number of hydrogen-bond donors (Lipinski definition) is 4. The van der Waals surface area contributed by atoms with Crippen molar-refractivity contribution in [1.82, 2.24) is 0 Å². The van der Waals surface area contributed by atoms with Gasteiger partial charge in [-0.3, -0.25) is 0 Å². The molecule has 0 radical (unpaired) electrons. The van der Waals surface area contributed by atoms with Crippen LogP contribution in [0.5, 0.6) is 0 Å². The molecule has 1 rings (SSSR count). The van der Waals surface area contributed by atoms with Gasteiger partial charge in [0.2, 0.25) is 0 Å². The highest BCUT2D eigenvalue weighted by atomic mass is 16.7. The van der Waals surface area contributed by atoms with Crippen molar-refractivity contribution >= 4 is 0 Å². The van der Waals surface area contributed by atoms with E-state index in [0.29, 0.717) is 0 Å². The third-order valence-corrected chi connectivity index (χ3v) is 2.01. The third-order valence-electron chi connectivity index (χ3n) is 2.01. The molecule has 0 spiro atoms. The Balaban J connectivity index is 2.54. The van der Waals surface area contributed by atoms with E-state index in [0.717, 1.165) is 0 Å². The standard InChI is InChI=1S/C7H14O6/c8-1-4(10)7-6(11)5(2-9)12-3-13-7/h4-11H,1-3H2/t4-,5+,6-,7+/m0/s1. The quantitative estimate of drug-likeness (QED) is 0.394. The number of aliphatic hydroxyl groups excluding tert-OH is 4. The average Bonchev–Trinajstić information content (AvgIpc) is 2.17. The molecule has 1 aliphatic rings. The summed E-state index contributed by atoms with van der Waals surface area (Å²) in [5, 5.41) is 36.0. The molecule has 1 heterocycles. The summed E-state index contributed by atoms with van der Waals surface area (Å²) in [5.41, 5.74) is 0. The van der Waals surface area contributed by atoms with Gasteiger partial charge >= 0.3 is 0 Å². The van der Waals surface area contributed by atoms with Gasteiger partial charge in [0.25, 0.3) is 0 Å². The molecule has 0 amide bonds. The zero-order valence-corrected chi connectivity index (χ0v) is 7.04. The molecule has 4 N–H and O–H groups in total. The molecule has 13 heavy (non-hydrogen) atoms. The maximum Gasteiger partial charge on any atom is 0.147 e. The summed E-state index contributed by atoms with van der Waals surface area (Å²) in [6, 6.07) is 0. The number of rotatable bonds is 3. The van der Waals surface area contributed by atoms with Crippen LogP contribution in [0, 0.1) is 0 Å². The number of aliphatic hydroxyl groups is 4. The first-order chi connectivity index (χ1) is 6.20. The van der Waals surface area contributed by atoms with Crippen LogP contribution in [0.4, 0.5) is 0 Å². The molecule has 1 aliphatic heterocycles. The van der Waals surface area contributed by atoms with Crippen LogP contribution < -0.4 is 0 Å². The highest BCUT2D eigenvalue weighted by Crippen LogP contribution is 2.16. The minimum Gasteiger partial charge on any atom is -0.394 e. The molecule has 0 saturated carbocycles. The predicted octanol–water partition coefficient (Wildman–Crippen LogP) is -2.57. The molecule has 0 aromatic rings. The van der Waals surface area contributed by atoms with Crippen molar-refractivity contribution in [1.29, 1.82) is 0 Å². The third kappa shape index (κ3) is 2.37. The topological polar surface area (TPSA) is 99.4 Å². The lowest BCUT2D eigenvalue weighted by atomic mass is 10.0. The van der Waals surface area contributed by atoms with Crippen molar-refractivity contribution in [2.75, 3.05) is 20.0 Å². The SMILES string of the molecule is OC[C@H](O)[C@H]1OCO[C@H](CO)[C@@H]1O. The van der Waals surface area contributed by atoms with Gasteiger partial charge in [0.15, 0.2) is 0 Å². The van der Waals surface area contributed by atoms with Gasteiger partial charge in [-0.1, -0.05) is 0 Å². The average molecular weight is 194 g/mol. The van der Waals surface area contributed by atoms with Gasteiger partial charge in [-0.25, -0.2) is 0 Å². The van der Waals surface area contributed by atoms with Crippen molar-refractivity contribution in [3.05, 3.63) is 0 Å². The molecule has 4 atom stereocenters. The number of hydrogen-bond acceptors (Lipinski definition) is 6. The molecule has 0 unspecified atom stereocenters. The minimum atomic E-state index is -1.16. The largest absolute Gasteiger partial charge is 0.394 e. The van der Waals surface area contributed by atoms with E-state index in [1.165, 1.54) is 0 Å². The van der Waals surface area contributed by atoms with Gasteiger partial charge < -0.3 is 29.9 Å². The highest BCUT2D eigenvalue weighted by Gasteiger charge is 2.37. The summed E-state index contributed by atoms with van der Waals surface area (Å²) in [6.45, 7) is -0.955. The van der Waals surface area contributed by atoms with E-state index in [4.69, 9.17) is 19.7 Å². The second-order valence-corrected chi connectivity index (χ2v) is 2.88. The molecule has 1 fully saturated rings. The maximum atomic E-state index is 9.45. The monoisotopic (exact) mass is 194 g/mol. The molecule has 0 aromatic heterocycles. The Hall–Kier alpha value is -0.240. The highest BCUT2D eigenvalue weighted by molar-refractivity contribution is 4.84. The Labute approximate surface area is 75.3 Å². The van der Waals surface area contributed by atoms with Gasteiger partial charge in [0.05, 0.1) is 13.2 Å². The first kappa shape index (κ1) is 10.8. The van der Waals surface area contributed by atoms with E-state index in [9.17, 15) is 10.2 Å². The summed E-state index contributed by atoms with van der Waals surface area (Å²) >= 11 is 0. The number of ether oxygens (including phenoxy) is 2. The van der Waals surface area contributed by atoms with Crippen LogP contribution in [0.25, 0.3) is 0 Å². The van der Waals surface area contributed by atoms with E-state index in [-0.39, 0.29) is 13.4 Å². The van der Waals surface area contributed by atoms with E-state index in [1.807, 2.05) is 0 Å². The second kappa shape index (κ2) is 4.85. The molecule has 6 heteroatoms. The Kier molecular flexibility index (Phi) is 4.04. The summed E-state index contributed by atoms with van der Waals surface area (Å²) < 4.78 is 9.73. The van der Waals surface area contributed by atoms with Crippen molar-refractivity contribution in [3.8, 4) is 0 Å². The summed E-state index contributed by atoms with van der Waals surface area (Å²) in [6.07, 6.45) is -3.95. The van der Waals surface area contributed by atoms with Crippen molar-refractivity contribution in [2.24, 2.45) is 0 Å². The first-order valence-corrected chi connectivity index (χ1v) is 4.01. The smallest absolute Gasteiger partial charge is 0.147 e. The van der Waals surface area contributed by atoms with E-state index >= 15 is 0 Å². The molecule has 0 aliphatic carbocycles. The van der Waals surface area contributed by atoms with Crippen molar-refractivity contribution < 1.29 is 29.9 Å². The molecule has 78 valence electrons. The van der Waals surface area contributed by atoms with Crippen LogP contribution in [-0.2, 0) is 9.47 Å². The fourth-order valence-electron chi connectivity index (χ4n) is 1.22. The normalized spacial score (nSPS) is 37.4. The van der Waals surface area contributed by atoms with Crippen molar-refractivity contribution in [2.45, 2.75) is 24.4 Å². The Bertz CT molecular complexity index is 152. The van der Waals surface area contributed by atoms with Crippen LogP contribution in [-0.4, -0.2) is 64.8 Å². The Morgan fingerprint density at radius 3 is 2.54 bits per heavy atom. The van der Waals surface area contributed by atoms with Gasteiger partial charge in [-0.05, 0) is 0 Å². The molecule has 6 nitrogen and oxygen atoms in total. The fourth-order valence-corrected chi connectivity index (χ4v) is 1.22. The lowest BCUT2D eigenvalue weighted by Gasteiger charge is -2.35. The van der Waals surface area contributed by atoms with E-state index in [1.54, 1.807) is 0 Å². The molecular weight excluding hydrogens is 180 g/mol. The lowest BCUT2D eigenvalue weighted by molar-refractivity contribution is -0.259. The molecule has 1 saturated heterocycles. The first-order valence-electron chi connectivity index (χ1n) is 4.01. The van der Waals surface area contributed by atoms with Crippen LogP contribution >= 0.6 is 0 Å². The van der Waals surface area contributed by atoms with Gasteiger partial charge in [0.1, 0.15) is 31.2 Å². The van der Waals surface area contributed by atoms with Crippen molar-refractivity contribution in [3.63, 3.8) is 0 Å². The predicted molar refractivity (Wildman–Crippen MR) is 40.8 cm³/mol. The summed E-state index contributed by atoms with van der Waals surface area (Å²) in [5.74, 6) is 0. The van der Waals surface area contributed by atoms with Crippen LogP contribution in [0.2, 0.25) is 0 Å². The van der Waals surface area contributed by atoms with E-state index < -0.39 is 31.0 Å². The molecule has 0 bridgehead atoms. The zero-order valence-electron chi connectivity index (χ0n) is 7.04. The summed E-state index contributed by atoms with van der Waals surface area (Å²) in [4.78, 5) is 0. The lowest BCUT2D eigenvalue weighted by Crippen LogP contribution is -2.53. The minimum absolute atomic E-state index is 0.107. The van der Waals surface area contributed by atoms with Crippen LogP contribution in [0.3, 0.4) is 0 Å². The van der Waals surface area contributed by atoms with Crippen LogP contribution in [0.1, 0.15) is 0 Å². The zero-order chi connectivity index (χ0) is 9.84. The van der Waals surface area contributed by atoms with Gasteiger partial charge in [0, 0.05) is 0 Å². The summed E-state index contributed by atoms with van der Waals surface area (Å²) in [7, 11) is 0. The Morgan fingerprint density at radius 1 is 1.31 bits per heavy atom. The van der Waals surface area contributed by atoms with E-state index in [2.05, 4.69) is 0 Å². The molecular formula is C7H14O6. The van der Waals surface area contributed by atoms with Gasteiger partial charge in [-0.15, -0.1) is 0 Å². The van der Waals surface area contributed by atoms with Crippen LogP contribution in [0.15, 0.2) is 0 Å². The molecule has 0 aromatic carbocycles. The fraction of sp³-hybridized carbons (Fsp3) is 1.00. The Morgan fingerprint density at radius 2 is 2.00 bits per heavy atom.